The highest BCUT2D eigenvalue weighted by Gasteiger charge is 2.69. The van der Waals surface area contributed by atoms with Gasteiger partial charge in [-0.05, 0) is 32.6 Å². The second kappa shape index (κ2) is 6.87. The number of nitrogens with two attached hydrogens (primary N) is 1. The van der Waals surface area contributed by atoms with E-state index in [-0.39, 0.29) is 11.1 Å². The van der Waals surface area contributed by atoms with Crippen molar-refractivity contribution in [1.29, 1.82) is 0 Å². The first-order valence-corrected chi connectivity index (χ1v) is 10.1. The summed E-state index contributed by atoms with van der Waals surface area (Å²) in [7, 11) is 2.85. The molecule has 6 atom stereocenters. The van der Waals surface area contributed by atoms with Crippen LogP contribution in [0.3, 0.4) is 0 Å². The van der Waals surface area contributed by atoms with Gasteiger partial charge in [0, 0.05) is 0 Å². The lowest BCUT2D eigenvalue weighted by atomic mass is 9.54. The van der Waals surface area contributed by atoms with Gasteiger partial charge < -0.3 is 36.4 Å². The van der Waals surface area contributed by atoms with Gasteiger partial charge in [-0.1, -0.05) is 12.1 Å². The van der Waals surface area contributed by atoms with Crippen molar-refractivity contribution in [2.24, 2.45) is 17.6 Å². The zero-order valence-electron chi connectivity index (χ0n) is 18.0. The van der Waals surface area contributed by atoms with Crippen molar-refractivity contribution in [2.45, 2.75) is 30.3 Å². The van der Waals surface area contributed by atoms with Crippen molar-refractivity contribution in [3.8, 4) is 5.75 Å². The van der Waals surface area contributed by atoms with Crippen molar-refractivity contribution >= 4 is 17.5 Å². The molecule has 0 saturated heterocycles. The quantitative estimate of drug-likeness (QED) is 0.262. The van der Waals surface area contributed by atoms with Crippen molar-refractivity contribution in [1.82, 2.24) is 4.90 Å². The van der Waals surface area contributed by atoms with E-state index < -0.39 is 81.1 Å². The van der Waals surface area contributed by atoms with Gasteiger partial charge in [-0.2, -0.15) is 0 Å². The number of rotatable bonds is 2. The van der Waals surface area contributed by atoms with E-state index in [2.05, 4.69) is 0 Å². The Kier molecular flexibility index (Phi) is 4.78. The van der Waals surface area contributed by atoms with Crippen molar-refractivity contribution in [2.75, 3.05) is 14.1 Å². The molecule has 3 aliphatic carbocycles. The van der Waals surface area contributed by atoms with Crippen LogP contribution in [0.15, 0.2) is 40.9 Å². The summed E-state index contributed by atoms with van der Waals surface area (Å²) in [5, 5.41) is 66.5. The van der Waals surface area contributed by atoms with Crippen LogP contribution in [-0.2, 0) is 15.2 Å². The molecule has 11 nitrogen and oxygen atoms in total. The van der Waals surface area contributed by atoms with Gasteiger partial charge in [0.25, 0.3) is 5.91 Å². The molecule has 1 unspecified atom stereocenters. The summed E-state index contributed by atoms with van der Waals surface area (Å²) in [6.45, 7) is 1.25. The lowest BCUT2D eigenvalue weighted by Gasteiger charge is -2.55. The SMILES string of the molecule is CN(C)[C@@H]1C(O)=C(C(N)=O)C(=O)[C@@]2(O)C(O)=C3C(=O)c4c(O)cccc4[C@@](C)(O)C3[C@H](O)[C@@H]12. The number of hydrogen-bond acceptors (Lipinski definition) is 10. The number of phenolic OH excluding ortho intramolecular Hbond substituents is 1. The molecular formula is C22H24N2O9. The van der Waals surface area contributed by atoms with Gasteiger partial charge >= 0.3 is 0 Å². The average molecular weight is 460 g/mol. The Hall–Kier alpha value is -3.25. The summed E-state index contributed by atoms with van der Waals surface area (Å²) in [6, 6.07) is 2.54. The van der Waals surface area contributed by atoms with Crippen molar-refractivity contribution in [3.63, 3.8) is 0 Å². The fourth-order valence-electron chi connectivity index (χ4n) is 5.60. The molecule has 3 aliphatic rings. The molecule has 0 aromatic heterocycles. The molecule has 1 aromatic carbocycles. The van der Waals surface area contributed by atoms with E-state index in [0.717, 1.165) is 0 Å². The number of aliphatic hydroxyl groups is 5. The number of carbonyl (C=O) groups is 3. The van der Waals surface area contributed by atoms with Gasteiger partial charge in [0.15, 0.2) is 11.4 Å². The molecule has 176 valence electrons. The number of nitrogens with zero attached hydrogens (tertiary/aromatic N) is 1. The minimum absolute atomic E-state index is 0.0281. The molecule has 0 bridgehead atoms. The number of benzene rings is 1. The van der Waals surface area contributed by atoms with Crippen LogP contribution in [0.5, 0.6) is 5.75 Å². The van der Waals surface area contributed by atoms with E-state index in [9.17, 15) is 45.0 Å². The van der Waals surface area contributed by atoms with E-state index in [1.54, 1.807) is 0 Å². The zero-order chi connectivity index (χ0) is 24.8. The molecule has 0 heterocycles. The van der Waals surface area contributed by atoms with Crippen LogP contribution < -0.4 is 5.73 Å². The van der Waals surface area contributed by atoms with E-state index in [1.165, 1.54) is 44.1 Å². The highest BCUT2D eigenvalue weighted by Crippen LogP contribution is 2.56. The smallest absolute Gasteiger partial charge is 0.255 e. The third-order valence-electron chi connectivity index (χ3n) is 7.04. The predicted octanol–water partition coefficient (Wildman–Crippen LogP) is -1.24. The van der Waals surface area contributed by atoms with E-state index >= 15 is 0 Å². The highest BCUT2D eigenvalue weighted by atomic mass is 16.4. The van der Waals surface area contributed by atoms with Crippen molar-refractivity contribution in [3.05, 3.63) is 52.0 Å². The molecule has 0 saturated carbocycles. The standard InChI is InChI=1S/C22H24N2O9/c1-21(32)7-5-4-6-8(25)9(7)15(26)10-12(21)17(28)13-14(24(2)3)16(27)11(20(23)31)19(30)22(13,33)18(10)29/h4-6,12-14,17,25,27-29,32-33H,1-3H3,(H2,23,31)/t12?,13-,14+,17+,21-,22+/m1/s1. The third-order valence-corrected chi connectivity index (χ3v) is 7.04. The molecule has 1 aromatic rings. The first-order chi connectivity index (χ1) is 15.2. The Morgan fingerprint density at radius 3 is 2.27 bits per heavy atom. The number of phenols is 1. The van der Waals surface area contributed by atoms with E-state index in [1.807, 2.05) is 0 Å². The van der Waals surface area contributed by atoms with Gasteiger partial charge in [0.05, 0.1) is 40.7 Å². The van der Waals surface area contributed by atoms with Crippen molar-refractivity contribution < 1.29 is 45.0 Å². The van der Waals surface area contributed by atoms with E-state index in [0.29, 0.717) is 0 Å². The maximum absolute atomic E-state index is 13.3. The monoisotopic (exact) mass is 460 g/mol. The van der Waals surface area contributed by atoms with Crippen LogP contribution in [0.4, 0.5) is 0 Å². The molecule has 8 N–H and O–H groups in total. The number of ketones is 2. The fraction of sp³-hybridized carbons (Fsp3) is 0.409. The summed E-state index contributed by atoms with van der Waals surface area (Å²) in [6.07, 6.45) is -1.87. The number of fused-ring (bicyclic) bond motifs is 3. The second-order valence-corrected chi connectivity index (χ2v) is 9.06. The number of likely N-dealkylation sites (N-methyl/N-ethyl adjacent to an activating group) is 1. The molecule has 4 rings (SSSR count). The van der Waals surface area contributed by atoms with Crippen LogP contribution in [0.2, 0.25) is 0 Å². The van der Waals surface area contributed by atoms with Crippen LogP contribution >= 0.6 is 0 Å². The third kappa shape index (κ3) is 2.61. The Morgan fingerprint density at radius 1 is 1.12 bits per heavy atom. The Morgan fingerprint density at radius 2 is 1.73 bits per heavy atom. The number of carbonyl (C=O) groups excluding carboxylic acids is 3. The predicted molar refractivity (Wildman–Crippen MR) is 111 cm³/mol. The minimum Gasteiger partial charge on any atom is -0.510 e. The van der Waals surface area contributed by atoms with Crippen LogP contribution in [0.1, 0.15) is 22.8 Å². The molecule has 11 heteroatoms. The summed E-state index contributed by atoms with van der Waals surface area (Å²) < 4.78 is 0. The number of hydrogen-bond donors (Lipinski definition) is 7. The normalized spacial score (nSPS) is 36.0. The first-order valence-electron chi connectivity index (χ1n) is 10.1. The average Bonchev–Trinajstić information content (AvgIpc) is 2.70. The Labute approximate surface area is 187 Å². The lowest BCUT2D eigenvalue weighted by Crippen LogP contribution is -2.70. The number of primary amides is 1. The topological polar surface area (TPSA) is 202 Å². The molecule has 0 spiro atoms. The lowest BCUT2D eigenvalue weighted by molar-refractivity contribution is -0.173. The highest BCUT2D eigenvalue weighted by molar-refractivity contribution is 6.25. The summed E-state index contributed by atoms with van der Waals surface area (Å²) in [5.41, 5.74) is -1.88. The van der Waals surface area contributed by atoms with Crippen LogP contribution in [-0.4, -0.2) is 84.9 Å². The summed E-state index contributed by atoms with van der Waals surface area (Å²) in [4.78, 5) is 39.8. The number of Topliss-reactive ketones (excluding diaryl/α,β-unsaturated/α-hetero) is 2. The molecule has 1 amide bonds. The van der Waals surface area contributed by atoms with Crippen LogP contribution in [0, 0.1) is 11.8 Å². The maximum atomic E-state index is 13.3. The minimum atomic E-state index is -3.02. The summed E-state index contributed by atoms with van der Waals surface area (Å²) in [5.74, 6) is -9.66. The largest absolute Gasteiger partial charge is 0.510 e. The molecule has 0 aliphatic heterocycles. The second-order valence-electron chi connectivity index (χ2n) is 9.06. The molecule has 33 heavy (non-hydrogen) atoms. The number of aliphatic hydroxyl groups excluding tert-OH is 3. The van der Waals surface area contributed by atoms with Gasteiger partial charge in [0.2, 0.25) is 5.78 Å². The molecular weight excluding hydrogens is 436 g/mol. The van der Waals surface area contributed by atoms with Gasteiger partial charge in [-0.3, -0.25) is 19.3 Å². The van der Waals surface area contributed by atoms with Gasteiger partial charge in [-0.25, -0.2) is 0 Å². The Balaban J connectivity index is 2.10. The number of aromatic hydroxyl groups is 1. The summed E-state index contributed by atoms with van der Waals surface area (Å²) >= 11 is 0. The van der Waals surface area contributed by atoms with Gasteiger partial charge in [-0.15, -0.1) is 0 Å². The fourth-order valence-corrected chi connectivity index (χ4v) is 5.60. The first kappa shape index (κ1) is 22.9. The number of amides is 1. The van der Waals surface area contributed by atoms with Crippen LogP contribution in [0.25, 0.3) is 0 Å². The van der Waals surface area contributed by atoms with E-state index in [4.69, 9.17) is 5.73 Å². The molecule has 0 radical (unpaired) electrons. The van der Waals surface area contributed by atoms with Gasteiger partial charge in [0.1, 0.15) is 22.8 Å². The zero-order valence-corrected chi connectivity index (χ0v) is 18.0. The molecule has 0 fully saturated rings. The Bertz CT molecular complexity index is 1180. The maximum Gasteiger partial charge on any atom is 0.255 e.